The zero-order valence-corrected chi connectivity index (χ0v) is 11.3. The number of benzene rings is 1. The summed E-state index contributed by atoms with van der Waals surface area (Å²) in [6.45, 7) is 0.835. The van der Waals surface area contributed by atoms with Crippen molar-refractivity contribution in [3.63, 3.8) is 0 Å². The minimum atomic E-state index is -1.12. The van der Waals surface area contributed by atoms with Crippen molar-refractivity contribution in [1.29, 1.82) is 0 Å². The highest BCUT2D eigenvalue weighted by molar-refractivity contribution is 5.86. The minimum absolute atomic E-state index is 0.104. The Morgan fingerprint density at radius 1 is 1.10 bits per heavy atom. The number of furan rings is 1. The maximum absolute atomic E-state index is 11.7. The lowest BCUT2D eigenvalue weighted by atomic mass is 10.2. The molecule has 1 amide bonds. The summed E-state index contributed by atoms with van der Waals surface area (Å²) in [4.78, 5) is 22.5. The van der Waals surface area contributed by atoms with Gasteiger partial charge in [-0.25, -0.2) is 4.79 Å². The minimum Gasteiger partial charge on any atom is -0.475 e. The number of rotatable bonds is 7. The molecule has 1 aromatic heterocycles. The second-order valence-corrected chi connectivity index (χ2v) is 4.45. The average Bonchev–Trinajstić information content (AvgIpc) is 2.95. The van der Waals surface area contributed by atoms with Gasteiger partial charge in [-0.1, -0.05) is 30.3 Å². The van der Waals surface area contributed by atoms with Gasteiger partial charge in [-0.05, 0) is 11.6 Å². The number of hydrogen-bond acceptors (Lipinski definition) is 4. The highest BCUT2D eigenvalue weighted by Crippen LogP contribution is 2.09. The number of aromatic carboxylic acids is 1. The van der Waals surface area contributed by atoms with Crippen LogP contribution in [0.4, 0.5) is 0 Å². The van der Waals surface area contributed by atoms with Gasteiger partial charge in [0.15, 0.2) is 0 Å². The molecule has 0 fully saturated rings. The van der Waals surface area contributed by atoms with Crippen LogP contribution in [0.3, 0.4) is 0 Å². The molecule has 2 rings (SSSR count). The number of amides is 1. The van der Waals surface area contributed by atoms with Gasteiger partial charge in [0.25, 0.3) is 0 Å². The number of carbonyl (C=O) groups excluding carboxylic acids is 1. The maximum atomic E-state index is 11.7. The fourth-order valence-electron chi connectivity index (χ4n) is 1.83. The summed E-state index contributed by atoms with van der Waals surface area (Å²) in [5, 5.41) is 14.5. The highest BCUT2D eigenvalue weighted by atomic mass is 16.4. The fourth-order valence-corrected chi connectivity index (χ4v) is 1.83. The summed E-state index contributed by atoms with van der Waals surface area (Å²) in [6.07, 6.45) is 1.32. The Balaban J connectivity index is 1.72. The van der Waals surface area contributed by atoms with Gasteiger partial charge in [-0.15, -0.1) is 0 Å². The van der Waals surface area contributed by atoms with Crippen LogP contribution in [0, 0.1) is 0 Å². The third kappa shape index (κ3) is 4.47. The first-order chi connectivity index (χ1) is 10.2. The van der Waals surface area contributed by atoms with E-state index in [1.165, 1.54) is 6.26 Å². The molecule has 2 aromatic rings. The lowest BCUT2D eigenvalue weighted by Crippen LogP contribution is -2.33. The molecular formula is C15H16N2O4. The van der Waals surface area contributed by atoms with Crippen molar-refractivity contribution in [1.82, 2.24) is 10.6 Å². The molecule has 21 heavy (non-hydrogen) atoms. The van der Waals surface area contributed by atoms with Gasteiger partial charge in [-0.2, -0.15) is 0 Å². The van der Waals surface area contributed by atoms with Crippen LogP contribution in [0.15, 0.2) is 47.1 Å². The van der Waals surface area contributed by atoms with Crippen molar-refractivity contribution < 1.29 is 19.1 Å². The van der Waals surface area contributed by atoms with Crippen LogP contribution in [0.2, 0.25) is 0 Å². The number of carboxylic acids is 1. The quantitative estimate of drug-likeness (QED) is 0.716. The Hall–Kier alpha value is -2.60. The highest BCUT2D eigenvalue weighted by Gasteiger charge is 2.13. The predicted octanol–water partition coefficient (Wildman–Crippen LogP) is 1.38. The Morgan fingerprint density at radius 2 is 1.86 bits per heavy atom. The largest absolute Gasteiger partial charge is 0.475 e. The van der Waals surface area contributed by atoms with Crippen molar-refractivity contribution in [2.24, 2.45) is 0 Å². The van der Waals surface area contributed by atoms with Crippen molar-refractivity contribution in [3.8, 4) is 0 Å². The molecule has 0 aliphatic rings. The topological polar surface area (TPSA) is 91.6 Å². The molecule has 110 valence electrons. The van der Waals surface area contributed by atoms with Crippen LogP contribution in [0.25, 0.3) is 0 Å². The van der Waals surface area contributed by atoms with E-state index in [9.17, 15) is 9.59 Å². The molecule has 0 spiro atoms. The first kappa shape index (κ1) is 14.8. The van der Waals surface area contributed by atoms with Crippen molar-refractivity contribution >= 4 is 11.9 Å². The zero-order valence-electron chi connectivity index (χ0n) is 11.3. The van der Waals surface area contributed by atoms with Gasteiger partial charge in [0.05, 0.1) is 12.8 Å². The second kappa shape index (κ2) is 7.25. The Morgan fingerprint density at radius 3 is 2.57 bits per heavy atom. The van der Waals surface area contributed by atoms with E-state index in [2.05, 4.69) is 10.6 Å². The first-order valence-electron chi connectivity index (χ1n) is 6.48. The zero-order chi connectivity index (χ0) is 15.1. The van der Waals surface area contributed by atoms with Crippen molar-refractivity contribution in [2.75, 3.05) is 6.54 Å². The standard InChI is InChI=1S/C15H16N2O4/c18-13(17-8-11-4-2-1-3-5-11)10-16-9-12-6-7-21-14(12)15(19)20/h1-7,16H,8-10H2,(H,17,18)(H,19,20). The van der Waals surface area contributed by atoms with Gasteiger partial charge in [0, 0.05) is 18.7 Å². The molecule has 3 N–H and O–H groups in total. The van der Waals surface area contributed by atoms with E-state index in [0.717, 1.165) is 5.56 Å². The molecule has 0 saturated heterocycles. The number of carboxylic acid groups (broad SMARTS) is 1. The van der Waals surface area contributed by atoms with Gasteiger partial charge in [0.1, 0.15) is 0 Å². The first-order valence-corrected chi connectivity index (χ1v) is 6.48. The summed E-state index contributed by atoms with van der Waals surface area (Å²) in [5.41, 5.74) is 1.53. The average molecular weight is 288 g/mol. The maximum Gasteiger partial charge on any atom is 0.372 e. The molecule has 1 heterocycles. The van der Waals surface area contributed by atoms with E-state index < -0.39 is 5.97 Å². The summed E-state index contributed by atoms with van der Waals surface area (Å²) in [6, 6.07) is 11.2. The third-order valence-electron chi connectivity index (χ3n) is 2.87. The third-order valence-corrected chi connectivity index (χ3v) is 2.87. The number of hydrogen-bond donors (Lipinski definition) is 3. The smallest absolute Gasteiger partial charge is 0.372 e. The van der Waals surface area contributed by atoms with Crippen LogP contribution in [-0.2, 0) is 17.9 Å². The van der Waals surface area contributed by atoms with Gasteiger partial charge in [-0.3, -0.25) is 4.79 Å². The van der Waals surface area contributed by atoms with Crippen LogP contribution >= 0.6 is 0 Å². The lowest BCUT2D eigenvalue weighted by molar-refractivity contribution is -0.120. The van der Waals surface area contributed by atoms with Crippen molar-refractivity contribution in [2.45, 2.75) is 13.1 Å². The Labute approximate surface area is 121 Å². The molecule has 0 radical (unpaired) electrons. The van der Waals surface area contributed by atoms with Gasteiger partial charge >= 0.3 is 5.97 Å². The SMILES string of the molecule is O=C(CNCc1ccoc1C(=O)O)NCc1ccccc1. The fraction of sp³-hybridized carbons (Fsp3) is 0.200. The predicted molar refractivity (Wildman–Crippen MR) is 75.7 cm³/mol. The normalized spacial score (nSPS) is 10.3. The van der Waals surface area contributed by atoms with E-state index in [1.807, 2.05) is 30.3 Å². The van der Waals surface area contributed by atoms with Crippen LogP contribution in [0.5, 0.6) is 0 Å². The molecule has 0 aliphatic heterocycles. The van der Waals surface area contributed by atoms with E-state index in [1.54, 1.807) is 6.07 Å². The Bertz CT molecular complexity index is 607. The van der Waals surface area contributed by atoms with E-state index >= 15 is 0 Å². The summed E-state index contributed by atoms with van der Waals surface area (Å²) in [5.74, 6) is -1.38. The monoisotopic (exact) mass is 288 g/mol. The van der Waals surface area contributed by atoms with Crippen molar-refractivity contribution in [3.05, 3.63) is 59.5 Å². The second-order valence-electron chi connectivity index (χ2n) is 4.45. The van der Waals surface area contributed by atoms with E-state index in [-0.39, 0.29) is 24.8 Å². The summed E-state index contributed by atoms with van der Waals surface area (Å²) >= 11 is 0. The van der Waals surface area contributed by atoms with Gasteiger partial charge in [0.2, 0.25) is 11.7 Å². The molecular weight excluding hydrogens is 272 g/mol. The molecule has 0 atom stereocenters. The molecule has 0 aliphatic carbocycles. The number of nitrogens with one attached hydrogen (secondary N) is 2. The van der Waals surface area contributed by atoms with Crippen LogP contribution in [-0.4, -0.2) is 23.5 Å². The molecule has 6 nitrogen and oxygen atoms in total. The number of carbonyl (C=O) groups is 2. The van der Waals surface area contributed by atoms with Crippen LogP contribution < -0.4 is 10.6 Å². The van der Waals surface area contributed by atoms with E-state index in [4.69, 9.17) is 9.52 Å². The summed E-state index contributed by atoms with van der Waals surface area (Å²) < 4.78 is 4.85. The lowest BCUT2D eigenvalue weighted by Gasteiger charge is -2.06. The van der Waals surface area contributed by atoms with E-state index in [0.29, 0.717) is 12.1 Å². The molecule has 0 bridgehead atoms. The molecule has 0 unspecified atom stereocenters. The van der Waals surface area contributed by atoms with Crippen LogP contribution in [0.1, 0.15) is 21.7 Å². The molecule has 0 saturated carbocycles. The summed E-state index contributed by atoms with van der Waals surface area (Å²) in [7, 11) is 0. The Kier molecular flexibility index (Phi) is 5.11. The molecule has 1 aromatic carbocycles. The molecule has 6 heteroatoms. The van der Waals surface area contributed by atoms with Gasteiger partial charge < -0.3 is 20.2 Å².